The fourth-order valence-electron chi connectivity index (χ4n) is 4.92. The van der Waals surface area contributed by atoms with Crippen molar-refractivity contribution >= 4 is 11.6 Å². The molecule has 0 aliphatic carbocycles. The molecular weight excluding hydrogens is 390 g/mol. The predicted molar refractivity (Wildman–Crippen MR) is 120 cm³/mol. The van der Waals surface area contributed by atoms with Gasteiger partial charge >= 0.3 is 0 Å². The molecule has 1 spiro atoms. The number of nitrogens with zero attached hydrogens (tertiary/aromatic N) is 4. The monoisotopic (exact) mass is 419 g/mol. The molecule has 0 bridgehead atoms. The van der Waals surface area contributed by atoms with E-state index in [1.54, 1.807) is 6.20 Å². The summed E-state index contributed by atoms with van der Waals surface area (Å²) >= 11 is 0. The van der Waals surface area contributed by atoms with E-state index in [1.807, 2.05) is 35.6 Å². The van der Waals surface area contributed by atoms with Crippen molar-refractivity contribution in [3.05, 3.63) is 60.4 Å². The number of amides is 1. The number of carbonyl (C=O) groups is 1. The molecule has 0 unspecified atom stereocenters. The van der Waals surface area contributed by atoms with Crippen LogP contribution >= 0.6 is 0 Å². The van der Waals surface area contributed by atoms with E-state index >= 15 is 0 Å². The molecule has 1 amide bonds. The van der Waals surface area contributed by atoms with E-state index in [2.05, 4.69) is 45.3 Å². The predicted octanol–water partition coefficient (Wildman–Crippen LogP) is 3.71. The third-order valence-corrected chi connectivity index (χ3v) is 6.61. The Labute approximate surface area is 182 Å². The highest BCUT2D eigenvalue weighted by Crippen LogP contribution is 2.44. The lowest BCUT2D eigenvalue weighted by atomic mass is 9.82. The summed E-state index contributed by atoms with van der Waals surface area (Å²) in [5.41, 5.74) is 3.33. The zero-order valence-corrected chi connectivity index (χ0v) is 18.2. The highest BCUT2D eigenvalue weighted by atomic mass is 16.5. The maximum absolute atomic E-state index is 12.8. The number of piperidine rings is 1. The SMILES string of the molecule is CCOc1ccc2c(c1)NC1(CCN(C(=O)CCn3ccnc3C)CC1)c1cccn1-2. The van der Waals surface area contributed by atoms with Crippen molar-refractivity contribution in [2.45, 2.75) is 45.2 Å². The minimum Gasteiger partial charge on any atom is -0.494 e. The van der Waals surface area contributed by atoms with Gasteiger partial charge in [0.15, 0.2) is 0 Å². The average Bonchev–Trinajstić information content (AvgIpc) is 3.43. The summed E-state index contributed by atoms with van der Waals surface area (Å²) in [5.74, 6) is 2.04. The smallest absolute Gasteiger partial charge is 0.224 e. The number of imidazole rings is 1. The number of anilines is 1. The largest absolute Gasteiger partial charge is 0.494 e. The Balaban J connectivity index is 1.31. The summed E-state index contributed by atoms with van der Waals surface area (Å²) in [5, 5.41) is 3.82. The minimum atomic E-state index is -0.168. The van der Waals surface area contributed by atoms with Crippen LogP contribution in [0, 0.1) is 6.92 Å². The molecule has 7 nitrogen and oxygen atoms in total. The molecule has 31 heavy (non-hydrogen) atoms. The van der Waals surface area contributed by atoms with Gasteiger partial charge in [-0.2, -0.15) is 0 Å². The summed E-state index contributed by atoms with van der Waals surface area (Å²) in [6, 6.07) is 10.5. The number of rotatable bonds is 5. The Hall–Kier alpha value is -3.22. The fourth-order valence-corrected chi connectivity index (χ4v) is 4.92. The van der Waals surface area contributed by atoms with E-state index in [0.29, 0.717) is 19.6 Å². The lowest BCUT2D eigenvalue weighted by Crippen LogP contribution is -2.51. The summed E-state index contributed by atoms with van der Waals surface area (Å²) in [7, 11) is 0. The third-order valence-electron chi connectivity index (χ3n) is 6.61. The Bertz CT molecular complexity index is 1090. The van der Waals surface area contributed by atoms with Crippen molar-refractivity contribution < 1.29 is 9.53 Å². The van der Waals surface area contributed by atoms with Gasteiger partial charge in [0.25, 0.3) is 0 Å². The second-order valence-corrected chi connectivity index (χ2v) is 8.38. The first kappa shape index (κ1) is 19.7. The summed E-state index contributed by atoms with van der Waals surface area (Å²) in [6.07, 6.45) is 8.11. The van der Waals surface area contributed by atoms with Crippen LogP contribution in [-0.2, 0) is 16.9 Å². The first-order chi connectivity index (χ1) is 15.1. The van der Waals surface area contributed by atoms with Crippen LogP contribution < -0.4 is 10.1 Å². The Kier molecular flexibility index (Phi) is 4.96. The molecule has 1 fully saturated rings. The van der Waals surface area contributed by atoms with Gasteiger partial charge in [0.1, 0.15) is 11.6 Å². The van der Waals surface area contributed by atoms with Crippen LogP contribution in [0.3, 0.4) is 0 Å². The normalized spacial score (nSPS) is 16.5. The molecule has 7 heteroatoms. The van der Waals surface area contributed by atoms with Gasteiger partial charge in [-0.15, -0.1) is 0 Å². The highest BCUT2D eigenvalue weighted by molar-refractivity contribution is 5.76. The first-order valence-corrected chi connectivity index (χ1v) is 11.1. The molecule has 5 rings (SSSR count). The highest BCUT2D eigenvalue weighted by Gasteiger charge is 2.42. The molecule has 0 radical (unpaired) electrons. The minimum absolute atomic E-state index is 0.168. The maximum Gasteiger partial charge on any atom is 0.224 e. The second kappa shape index (κ2) is 7.80. The van der Waals surface area contributed by atoms with Gasteiger partial charge in [-0.3, -0.25) is 4.79 Å². The fraction of sp³-hybridized carbons (Fsp3) is 0.417. The van der Waals surface area contributed by atoms with Crippen LogP contribution in [0.1, 0.15) is 37.7 Å². The van der Waals surface area contributed by atoms with Crippen molar-refractivity contribution in [3.8, 4) is 11.4 Å². The van der Waals surface area contributed by atoms with Crippen LogP contribution in [0.4, 0.5) is 5.69 Å². The molecule has 2 aliphatic heterocycles. The average molecular weight is 420 g/mol. The van der Waals surface area contributed by atoms with E-state index < -0.39 is 0 Å². The number of hydrogen-bond donors (Lipinski definition) is 1. The zero-order valence-electron chi connectivity index (χ0n) is 18.2. The molecule has 162 valence electrons. The summed E-state index contributed by atoms with van der Waals surface area (Å²) < 4.78 is 10.0. The Morgan fingerprint density at radius 3 is 2.81 bits per heavy atom. The van der Waals surface area contributed by atoms with Gasteiger partial charge in [-0.05, 0) is 51.0 Å². The standard InChI is InChI=1S/C24H29N5O2/c1-3-31-19-6-7-21-20(17-19)26-24(22-5-4-12-29(21)22)9-14-28(15-10-24)23(30)8-13-27-16-11-25-18(27)2/h4-7,11-12,16-17,26H,3,8-10,13-15H2,1-2H3. The molecule has 1 N–H and O–H groups in total. The van der Waals surface area contributed by atoms with E-state index in [4.69, 9.17) is 4.74 Å². The Morgan fingerprint density at radius 2 is 2.06 bits per heavy atom. The number of aryl methyl sites for hydroxylation is 2. The molecule has 1 saturated heterocycles. The van der Waals surface area contributed by atoms with Gasteiger partial charge < -0.3 is 24.1 Å². The lowest BCUT2D eigenvalue weighted by molar-refractivity contribution is -0.133. The number of likely N-dealkylation sites (tertiary alicyclic amines) is 1. The van der Waals surface area contributed by atoms with E-state index in [0.717, 1.165) is 48.9 Å². The topological polar surface area (TPSA) is 64.3 Å². The number of fused-ring (bicyclic) bond motifs is 4. The molecule has 3 aromatic rings. The van der Waals surface area contributed by atoms with Crippen molar-refractivity contribution in [3.63, 3.8) is 0 Å². The molecule has 2 aromatic heterocycles. The number of aromatic nitrogens is 3. The lowest BCUT2D eigenvalue weighted by Gasteiger charge is -2.46. The van der Waals surface area contributed by atoms with Crippen molar-refractivity contribution in [1.82, 2.24) is 19.0 Å². The summed E-state index contributed by atoms with van der Waals surface area (Å²) in [4.78, 5) is 19.1. The number of hydrogen-bond acceptors (Lipinski definition) is 4. The third kappa shape index (κ3) is 3.48. The summed E-state index contributed by atoms with van der Waals surface area (Å²) in [6.45, 7) is 6.79. The molecule has 0 atom stereocenters. The van der Waals surface area contributed by atoms with Crippen LogP contribution in [0.5, 0.6) is 5.75 Å². The maximum atomic E-state index is 12.8. The van der Waals surface area contributed by atoms with Crippen molar-refractivity contribution in [2.75, 3.05) is 25.0 Å². The molecule has 0 saturated carbocycles. The number of nitrogens with one attached hydrogen (secondary N) is 1. The van der Waals surface area contributed by atoms with E-state index in [-0.39, 0.29) is 11.4 Å². The number of benzene rings is 1. The molecular formula is C24H29N5O2. The van der Waals surface area contributed by atoms with Gasteiger partial charge in [-0.25, -0.2) is 4.98 Å². The van der Waals surface area contributed by atoms with E-state index in [1.165, 1.54) is 5.69 Å². The number of carbonyl (C=O) groups excluding carboxylic acids is 1. The molecule has 4 heterocycles. The van der Waals surface area contributed by atoms with Gasteiger partial charge in [0.2, 0.25) is 5.91 Å². The zero-order chi connectivity index (χ0) is 21.4. The van der Waals surface area contributed by atoms with Crippen molar-refractivity contribution in [2.24, 2.45) is 0 Å². The second-order valence-electron chi connectivity index (χ2n) is 8.38. The Morgan fingerprint density at radius 1 is 1.23 bits per heavy atom. The van der Waals surface area contributed by atoms with Gasteiger partial charge in [0.05, 0.1) is 23.5 Å². The number of ether oxygens (including phenoxy) is 1. The van der Waals surface area contributed by atoms with Gasteiger partial charge in [0, 0.05) is 56.4 Å². The van der Waals surface area contributed by atoms with E-state index in [9.17, 15) is 4.79 Å². The van der Waals surface area contributed by atoms with Crippen LogP contribution in [0.25, 0.3) is 5.69 Å². The first-order valence-electron chi connectivity index (χ1n) is 11.1. The van der Waals surface area contributed by atoms with Crippen LogP contribution in [0.15, 0.2) is 48.9 Å². The quantitative estimate of drug-likeness (QED) is 0.685. The van der Waals surface area contributed by atoms with Crippen LogP contribution in [0.2, 0.25) is 0 Å². The molecule has 1 aromatic carbocycles. The van der Waals surface area contributed by atoms with Gasteiger partial charge in [-0.1, -0.05) is 0 Å². The van der Waals surface area contributed by atoms with Crippen LogP contribution in [-0.4, -0.2) is 44.6 Å². The van der Waals surface area contributed by atoms with Crippen molar-refractivity contribution in [1.29, 1.82) is 0 Å². The molecule has 2 aliphatic rings.